The molecular weight excluding hydrogens is 789 g/mol. The third-order valence-corrected chi connectivity index (χ3v) is 9.09. The summed E-state index contributed by atoms with van der Waals surface area (Å²) < 4.78 is 28.6. The van der Waals surface area contributed by atoms with Crippen molar-refractivity contribution in [2.24, 2.45) is 46.8 Å². The van der Waals surface area contributed by atoms with Gasteiger partial charge in [-0.1, -0.05) is 125 Å². The van der Waals surface area contributed by atoms with E-state index >= 15 is 0 Å². The smallest absolute Gasteiger partial charge is 0.333 e. The van der Waals surface area contributed by atoms with Crippen LogP contribution in [0.5, 0.6) is 0 Å². The summed E-state index contributed by atoms with van der Waals surface area (Å²) in [5.41, 5.74) is 0.561. The molecule has 0 radical (unpaired) electrons. The van der Waals surface area contributed by atoms with Crippen molar-refractivity contribution in [3.8, 4) is 0 Å². The second kappa shape index (κ2) is 40.3. The summed E-state index contributed by atoms with van der Waals surface area (Å²) >= 11 is 0. The first kappa shape index (κ1) is 67.6. The molecule has 366 valence electrons. The molecule has 0 saturated carbocycles. The minimum absolute atomic E-state index is 0. The van der Waals surface area contributed by atoms with Crippen molar-refractivity contribution in [2.45, 2.75) is 176 Å². The van der Waals surface area contributed by atoms with Gasteiger partial charge in [-0.2, -0.15) is 0 Å². The number of hydrogen-bond acceptors (Lipinski definition) is 11. The van der Waals surface area contributed by atoms with Crippen molar-refractivity contribution in [3.63, 3.8) is 0 Å². The average Bonchev–Trinajstić information content (AvgIpc) is 3.97. The molecule has 0 amide bonds. The van der Waals surface area contributed by atoms with Crippen molar-refractivity contribution in [3.05, 3.63) is 37.5 Å². The minimum atomic E-state index is -0.537. The van der Waals surface area contributed by atoms with Crippen molar-refractivity contribution >= 4 is 29.8 Å². The number of epoxide rings is 1. The third-order valence-electron chi connectivity index (χ3n) is 9.09. The molecular formula is C51H96O11. The Kier molecular flexibility index (Phi) is 44.0. The van der Waals surface area contributed by atoms with E-state index in [-0.39, 0.29) is 70.7 Å². The lowest BCUT2D eigenvalue weighted by Gasteiger charge is -2.29. The minimum Gasteiger partial charge on any atom is -0.462 e. The first-order valence-corrected chi connectivity index (χ1v) is 22.2. The standard InChI is InChI=1S/C21H40O4.C13H28.C8H10O4.C7H10O3.2CH4/c1-8-19(22)24-11-12-25-20(23)9-10-21(6,7)15-18(5)14-17(4)13-16(2)3;1-10(2)7-12(5)9-13(6)8-11(3)4;1-3-7(9)11-5-6-12-8(10)4-2;1-5(2)7(8)10-4-6-3-9-6;;/h16-18H,8-15H2,1-7H3;10-13H,7-9H2,1-6H3;3-4H,1-2,5-6H2;6H,1,3-4H2,2H3;2*1H4. The van der Waals surface area contributed by atoms with Gasteiger partial charge in [-0.25, -0.2) is 14.4 Å². The average molecular weight is 885 g/mol. The normalized spacial score (nSPS) is 14.4. The predicted octanol–water partition coefficient (Wildman–Crippen LogP) is 12.4. The lowest BCUT2D eigenvalue weighted by molar-refractivity contribution is -0.152. The molecule has 1 rings (SSSR count). The molecule has 11 heteroatoms. The number of rotatable bonds is 27. The Morgan fingerprint density at radius 3 is 1.34 bits per heavy atom. The second-order valence-corrected chi connectivity index (χ2v) is 18.5. The van der Waals surface area contributed by atoms with Crippen molar-refractivity contribution in [1.82, 2.24) is 0 Å². The summed E-state index contributed by atoms with van der Waals surface area (Å²) in [6, 6.07) is 0. The van der Waals surface area contributed by atoms with Crippen LogP contribution < -0.4 is 0 Å². The molecule has 5 atom stereocenters. The van der Waals surface area contributed by atoms with Gasteiger partial charge in [0.1, 0.15) is 39.1 Å². The van der Waals surface area contributed by atoms with Gasteiger partial charge in [-0.05, 0) is 98.7 Å². The Labute approximate surface area is 380 Å². The molecule has 0 aromatic heterocycles. The van der Waals surface area contributed by atoms with Gasteiger partial charge < -0.3 is 28.4 Å². The van der Waals surface area contributed by atoms with Crippen LogP contribution in [0, 0.1) is 46.8 Å². The van der Waals surface area contributed by atoms with Gasteiger partial charge in [-0.3, -0.25) is 9.59 Å². The quantitative estimate of drug-likeness (QED) is 0.0255. The van der Waals surface area contributed by atoms with Gasteiger partial charge in [0.05, 0.1) is 6.61 Å². The monoisotopic (exact) mass is 885 g/mol. The van der Waals surface area contributed by atoms with Crippen LogP contribution in [-0.2, 0) is 52.4 Å². The van der Waals surface area contributed by atoms with Crippen LogP contribution >= 0.6 is 0 Å². The number of esters is 5. The largest absolute Gasteiger partial charge is 0.462 e. The van der Waals surface area contributed by atoms with Crippen LogP contribution in [0.15, 0.2) is 37.5 Å². The number of hydrogen-bond donors (Lipinski definition) is 0. The van der Waals surface area contributed by atoms with E-state index in [0.29, 0.717) is 37.5 Å². The maximum atomic E-state index is 11.8. The summed E-state index contributed by atoms with van der Waals surface area (Å²) in [5.74, 6) is 3.82. The molecule has 62 heavy (non-hydrogen) atoms. The molecule has 11 nitrogen and oxygen atoms in total. The van der Waals surface area contributed by atoms with Crippen LogP contribution in [0.4, 0.5) is 0 Å². The van der Waals surface area contributed by atoms with E-state index in [4.69, 9.17) is 18.9 Å². The fraction of sp³-hybridized carbons (Fsp3) is 0.784. The number of ether oxygens (including phenoxy) is 6. The van der Waals surface area contributed by atoms with E-state index in [2.05, 4.69) is 112 Å². The maximum absolute atomic E-state index is 11.8. The number of carbonyl (C=O) groups excluding carboxylic acids is 5. The summed E-state index contributed by atoms with van der Waals surface area (Å²) in [6.45, 7) is 42.4. The van der Waals surface area contributed by atoms with Crippen LogP contribution in [0.1, 0.15) is 170 Å². The molecule has 1 saturated heterocycles. The summed E-state index contributed by atoms with van der Waals surface area (Å²) in [4.78, 5) is 54.4. The summed E-state index contributed by atoms with van der Waals surface area (Å²) in [7, 11) is 0. The molecule has 0 bridgehead atoms. The summed E-state index contributed by atoms with van der Waals surface area (Å²) in [6.07, 6.45) is 11.6. The lowest BCUT2D eigenvalue weighted by Crippen LogP contribution is -2.20. The van der Waals surface area contributed by atoms with E-state index in [1.54, 1.807) is 13.8 Å². The molecule has 1 heterocycles. The Morgan fingerprint density at radius 2 is 1.00 bits per heavy atom. The van der Waals surface area contributed by atoms with Crippen molar-refractivity contribution in [1.29, 1.82) is 0 Å². The van der Waals surface area contributed by atoms with Crippen molar-refractivity contribution < 1.29 is 52.4 Å². The molecule has 1 fully saturated rings. The van der Waals surface area contributed by atoms with Crippen LogP contribution in [0.3, 0.4) is 0 Å². The third kappa shape index (κ3) is 49.2. The zero-order chi connectivity index (χ0) is 46.8. The fourth-order valence-corrected chi connectivity index (χ4v) is 6.99. The highest BCUT2D eigenvalue weighted by Crippen LogP contribution is 2.34. The molecule has 0 aromatic carbocycles. The highest BCUT2D eigenvalue weighted by Gasteiger charge is 2.25. The molecule has 1 aliphatic heterocycles. The lowest BCUT2D eigenvalue weighted by atomic mass is 9.77. The van der Waals surface area contributed by atoms with Gasteiger partial charge in [0.2, 0.25) is 0 Å². The molecule has 0 spiro atoms. The Morgan fingerprint density at radius 1 is 0.629 bits per heavy atom. The first-order valence-electron chi connectivity index (χ1n) is 22.2. The van der Waals surface area contributed by atoms with E-state index in [9.17, 15) is 24.0 Å². The Hall–Kier alpha value is -3.47. The van der Waals surface area contributed by atoms with E-state index in [1.807, 2.05) is 0 Å². The Bertz CT molecular complexity index is 1180. The molecule has 1 aliphatic rings. The van der Waals surface area contributed by atoms with Gasteiger partial charge in [0, 0.05) is 30.6 Å². The topological polar surface area (TPSA) is 144 Å². The molecule has 0 N–H and O–H groups in total. The molecule has 0 aromatic rings. The van der Waals surface area contributed by atoms with E-state index in [1.165, 1.54) is 32.1 Å². The highest BCUT2D eigenvalue weighted by molar-refractivity contribution is 5.87. The second-order valence-electron chi connectivity index (χ2n) is 18.5. The fourth-order valence-electron chi connectivity index (χ4n) is 6.99. The van der Waals surface area contributed by atoms with Gasteiger partial charge >= 0.3 is 29.8 Å². The Balaban J connectivity index is -0.000000248. The van der Waals surface area contributed by atoms with Gasteiger partial charge in [-0.15, -0.1) is 0 Å². The first-order chi connectivity index (χ1) is 27.9. The van der Waals surface area contributed by atoms with Gasteiger partial charge in [0.15, 0.2) is 0 Å². The highest BCUT2D eigenvalue weighted by atomic mass is 16.6. The molecule has 0 aliphatic carbocycles. The van der Waals surface area contributed by atoms with Gasteiger partial charge in [0.25, 0.3) is 0 Å². The van der Waals surface area contributed by atoms with E-state index < -0.39 is 11.9 Å². The summed E-state index contributed by atoms with van der Waals surface area (Å²) in [5, 5.41) is 0. The zero-order valence-corrected chi connectivity index (χ0v) is 40.5. The van der Waals surface area contributed by atoms with Crippen LogP contribution in [0.25, 0.3) is 0 Å². The zero-order valence-electron chi connectivity index (χ0n) is 40.5. The van der Waals surface area contributed by atoms with Crippen molar-refractivity contribution in [2.75, 3.05) is 39.6 Å². The maximum Gasteiger partial charge on any atom is 0.333 e. The van der Waals surface area contributed by atoms with E-state index in [0.717, 1.165) is 60.5 Å². The SMILES string of the molecule is C.C.C=C(C)C(=O)OCC1CO1.C=CC(=O)OCCOC(=O)C=C.CC(C)CC(C)CC(C)CC(C)C.CCC(=O)OCCOC(=O)CCC(C)(C)CC(C)CC(C)CC(C)C. The molecule has 5 unspecified atom stereocenters. The number of carbonyl (C=O) groups is 5. The van der Waals surface area contributed by atoms with Crippen LogP contribution in [0.2, 0.25) is 0 Å². The predicted molar refractivity (Wildman–Crippen MR) is 255 cm³/mol. The van der Waals surface area contributed by atoms with Crippen LogP contribution in [-0.4, -0.2) is 75.6 Å².